The van der Waals surface area contributed by atoms with Gasteiger partial charge in [-0.25, -0.2) is 4.79 Å². The Hall–Kier alpha value is -3.86. The number of nitrogens with one attached hydrogen (secondary N) is 2. The zero-order chi connectivity index (χ0) is 26.3. The number of nitrogens with zero attached hydrogens (tertiary/aromatic N) is 2. The van der Waals surface area contributed by atoms with Gasteiger partial charge < -0.3 is 20.3 Å². The Morgan fingerprint density at radius 2 is 1.66 bits per heavy atom. The standard InChI is InChI=1S/C27H34N4O4/c1-17-11-12-21(20(4)15-17)24(25(33)30-23-18(2)9-8-10-19(23)3)31(14-13-28)22(32)16-29-26(34)35-27(5,6)7/h8-12,15,24H,14,16H2,1-7H3,(H,29,34)(H,30,33). The van der Waals surface area contributed by atoms with Crippen molar-refractivity contribution in [2.75, 3.05) is 18.4 Å². The Bertz CT molecular complexity index is 1120. The maximum absolute atomic E-state index is 13.7. The normalized spacial score (nSPS) is 11.7. The lowest BCUT2D eigenvalue weighted by atomic mass is 9.96. The molecule has 0 aliphatic heterocycles. The fraction of sp³-hybridized carbons (Fsp3) is 0.407. The first-order chi connectivity index (χ1) is 16.3. The van der Waals surface area contributed by atoms with E-state index < -0.39 is 36.1 Å². The molecule has 8 heteroatoms. The Morgan fingerprint density at radius 3 is 2.20 bits per heavy atom. The van der Waals surface area contributed by atoms with Gasteiger partial charge in [0, 0.05) is 5.69 Å². The number of amides is 3. The van der Waals surface area contributed by atoms with Gasteiger partial charge in [-0.2, -0.15) is 5.26 Å². The number of ether oxygens (including phenoxy) is 1. The summed E-state index contributed by atoms with van der Waals surface area (Å²) in [6.45, 7) is 11.9. The highest BCUT2D eigenvalue weighted by atomic mass is 16.6. The molecule has 2 aromatic carbocycles. The molecule has 2 N–H and O–H groups in total. The smallest absolute Gasteiger partial charge is 0.408 e. The number of anilines is 1. The van der Waals surface area contributed by atoms with Crippen molar-refractivity contribution in [1.82, 2.24) is 10.2 Å². The van der Waals surface area contributed by atoms with Gasteiger partial charge in [0.25, 0.3) is 5.91 Å². The van der Waals surface area contributed by atoms with Gasteiger partial charge in [0.1, 0.15) is 24.7 Å². The van der Waals surface area contributed by atoms with Crippen LogP contribution in [0.5, 0.6) is 0 Å². The van der Waals surface area contributed by atoms with Gasteiger partial charge in [0.15, 0.2) is 0 Å². The highest BCUT2D eigenvalue weighted by molar-refractivity contribution is 5.99. The number of carbonyl (C=O) groups is 3. The topological polar surface area (TPSA) is 112 Å². The van der Waals surface area contributed by atoms with E-state index >= 15 is 0 Å². The molecule has 1 unspecified atom stereocenters. The van der Waals surface area contributed by atoms with Crippen LogP contribution in [0.3, 0.4) is 0 Å². The lowest BCUT2D eigenvalue weighted by Gasteiger charge is -2.31. The van der Waals surface area contributed by atoms with Gasteiger partial charge >= 0.3 is 6.09 Å². The molecular weight excluding hydrogens is 444 g/mol. The van der Waals surface area contributed by atoms with Crippen molar-refractivity contribution in [3.05, 3.63) is 64.2 Å². The molecule has 186 valence electrons. The summed E-state index contributed by atoms with van der Waals surface area (Å²) in [7, 11) is 0. The van der Waals surface area contributed by atoms with E-state index in [-0.39, 0.29) is 6.54 Å². The molecule has 0 spiro atoms. The highest BCUT2D eigenvalue weighted by Crippen LogP contribution is 2.28. The quantitative estimate of drug-likeness (QED) is 0.570. The van der Waals surface area contributed by atoms with Crippen molar-refractivity contribution < 1.29 is 19.1 Å². The molecule has 35 heavy (non-hydrogen) atoms. The second-order valence-electron chi connectivity index (χ2n) is 9.55. The fourth-order valence-electron chi connectivity index (χ4n) is 3.75. The van der Waals surface area contributed by atoms with E-state index in [1.807, 2.05) is 64.1 Å². The van der Waals surface area contributed by atoms with Crippen LogP contribution in [0.25, 0.3) is 0 Å². The maximum Gasteiger partial charge on any atom is 0.408 e. The molecule has 0 aliphatic rings. The average molecular weight is 479 g/mol. The van der Waals surface area contributed by atoms with E-state index in [1.54, 1.807) is 26.8 Å². The summed E-state index contributed by atoms with van der Waals surface area (Å²) < 4.78 is 5.19. The zero-order valence-corrected chi connectivity index (χ0v) is 21.5. The van der Waals surface area contributed by atoms with Gasteiger partial charge in [-0.05, 0) is 70.7 Å². The molecule has 0 saturated carbocycles. The molecule has 1 atom stereocenters. The molecule has 0 heterocycles. The van der Waals surface area contributed by atoms with Crippen LogP contribution in [0.2, 0.25) is 0 Å². The van der Waals surface area contributed by atoms with Crippen LogP contribution in [0, 0.1) is 39.0 Å². The van der Waals surface area contributed by atoms with E-state index in [4.69, 9.17) is 4.74 Å². The second-order valence-corrected chi connectivity index (χ2v) is 9.55. The summed E-state index contributed by atoms with van der Waals surface area (Å²) in [5, 5.41) is 14.9. The minimum absolute atomic E-state index is 0.340. The summed E-state index contributed by atoms with van der Waals surface area (Å²) in [5.74, 6) is -1.03. The molecule has 0 saturated heterocycles. The van der Waals surface area contributed by atoms with Crippen LogP contribution in [-0.2, 0) is 14.3 Å². The summed E-state index contributed by atoms with van der Waals surface area (Å²) >= 11 is 0. The molecule has 2 aromatic rings. The van der Waals surface area contributed by atoms with Crippen molar-refractivity contribution in [1.29, 1.82) is 5.26 Å². The Morgan fingerprint density at radius 1 is 1.03 bits per heavy atom. The summed E-state index contributed by atoms with van der Waals surface area (Å²) in [5.41, 5.74) is 4.09. The molecular formula is C27H34N4O4. The number of hydrogen-bond acceptors (Lipinski definition) is 5. The molecule has 8 nitrogen and oxygen atoms in total. The number of nitriles is 1. The van der Waals surface area contributed by atoms with E-state index in [1.165, 1.54) is 4.90 Å². The Kier molecular flexibility index (Phi) is 9.01. The van der Waals surface area contributed by atoms with Crippen molar-refractivity contribution in [3.8, 4) is 6.07 Å². The second kappa shape index (κ2) is 11.5. The van der Waals surface area contributed by atoms with Crippen LogP contribution in [-0.4, -0.2) is 41.5 Å². The van der Waals surface area contributed by atoms with E-state index in [2.05, 4.69) is 10.6 Å². The first kappa shape index (κ1) is 27.4. The minimum atomic E-state index is -1.08. The SMILES string of the molecule is Cc1ccc(C(C(=O)Nc2c(C)cccc2C)N(CC#N)C(=O)CNC(=O)OC(C)(C)C)c(C)c1. The largest absolute Gasteiger partial charge is 0.444 e. The predicted molar refractivity (Wildman–Crippen MR) is 135 cm³/mol. The van der Waals surface area contributed by atoms with Gasteiger partial charge in [0.2, 0.25) is 5.91 Å². The lowest BCUT2D eigenvalue weighted by Crippen LogP contribution is -2.47. The van der Waals surface area contributed by atoms with Crippen LogP contribution in [0.1, 0.15) is 54.6 Å². The fourth-order valence-corrected chi connectivity index (χ4v) is 3.75. The summed E-state index contributed by atoms with van der Waals surface area (Å²) in [6, 6.07) is 12.1. The number of hydrogen-bond donors (Lipinski definition) is 2. The summed E-state index contributed by atoms with van der Waals surface area (Å²) in [4.78, 5) is 40.1. The number of carbonyl (C=O) groups excluding carboxylic acids is 3. The first-order valence-electron chi connectivity index (χ1n) is 11.4. The third-order valence-corrected chi connectivity index (χ3v) is 5.35. The van der Waals surface area contributed by atoms with Crippen molar-refractivity contribution in [2.45, 2.75) is 60.1 Å². The Labute approximate surface area is 207 Å². The average Bonchev–Trinajstić information content (AvgIpc) is 2.74. The van der Waals surface area contributed by atoms with Gasteiger partial charge in [-0.15, -0.1) is 0 Å². The van der Waals surface area contributed by atoms with Crippen molar-refractivity contribution in [3.63, 3.8) is 0 Å². The number of benzene rings is 2. The number of alkyl carbamates (subject to hydrolysis) is 1. The monoisotopic (exact) mass is 478 g/mol. The third kappa shape index (κ3) is 7.57. The van der Waals surface area contributed by atoms with Crippen LogP contribution in [0.15, 0.2) is 36.4 Å². The van der Waals surface area contributed by atoms with E-state index in [9.17, 15) is 19.6 Å². The third-order valence-electron chi connectivity index (χ3n) is 5.35. The van der Waals surface area contributed by atoms with Crippen molar-refractivity contribution in [2.24, 2.45) is 0 Å². The molecule has 0 fully saturated rings. The molecule has 2 rings (SSSR count). The molecule has 0 aromatic heterocycles. The van der Waals surface area contributed by atoms with Gasteiger partial charge in [-0.3, -0.25) is 9.59 Å². The molecule has 3 amide bonds. The number of rotatable bonds is 7. The highest BCUT2D eigenvalue weighted by Gasteiger charge is 2.33. The van der Waals surface area contributed by atoms with Crippen LogP contribution in [0.4, 0.5) is 10.5 Å². The van der Waals surface area contributed by atoms with Gasteiger partial charge in [0.05, 0.1) is 6.07 Å². The van der Waals surface area contributed by atoms with Crippen LogP contribution >= 0.6 is 0 Å². The van der Waals surface area contributed by atoms with Crippen LogP contribution < -0.4 is 10.6 Å². The minimum Gasteiger partial charge on any atom is -0.444 e. The van der Waals surface area contributed by atoms with E-state index in [0.717, 1.165) is 22.3 Å². The number of para-hydroxylation sites is 1. The van der Waals surface area contributed by atoms with Gasteiger partial charge in [-0.1, -0.05) is 42.0 Å². The first-order valence-corrected chi connectivity index (χ1v) is 11.4. The predicted octanol–water partition coefficient (Wildman–Crippen LogP) is 4.48. The molecule has 0 bridgehead atoms. The number of aryl methyl sites for hydroxylation is 4. The lowest BCUT2D eigenvalue weighted by molar-refractivity contribution is -0.137. The Balaban J connectivity index is 2.43. The molecule has 0 aliphatic carbocycles. The summed E-state index contributed by atoms with van der Waals surface area (Å²) in [6.07, 6.45) is -0.759. The molecule has 0 radical (unpaired) electrons. The van der Waals surface area contributed by atoms with Crippen molar-refractivity contribution >= 4 is 23.6 Å². The van der Waals surface area contributed by atoms with E-state index in [0.29, 0.717) is 11.3 Å². The zero-order valence-electron chi connectivity index (χ0n) is 21.5. The maximum atomic E-state index is 13.7.